The smallest absolute Gasteiger partial charge is 0.203 e. The number of rotatable bonds is 2. The van der Waals surface area contributed by atoms with Crippen LogP contribution >= 0.6 is 22.9 Å². The number of benzene rings is 1. The molecule has 0 radical (unpaired) electrons. The molecule has 0 unspecified atom stereocenters. The Morgan fingerprint density at radius 1 is 1.31 bits per heavy atom. The molecule has 0 bridgehead atoms. The second kappa shape index (κ2) is 4.36. The van der Waals surface area contributed by atoms with Crippen LogP contribution in [0.25, 0.3) is 0 Å². The monoisotopic (exact) mass is 254 g/mol. The number of aryl methyl sites for hydroxylation is 1. The molecule has 0 saturated carbocycles. The van der Waals surface area contributed by atoms with Crippen molar-refractivity contribution in [2.45, 2.75) is 6.92 Å². The SMILES string of the molecule is Cc1ccc(C(=O)c2ccc(Cl)s2)cc1F. The van der Waals surface area contributed by atoms with Crippen LogP contribution in [0.5, 0.6) is 0 Å². The van der Waals surface area contributed by atoms with Crippen LogP contribution in [0, 0.1) is 12.7 Å². The fraction of sp³-hybridized carbons (Fsp3) is 0.0833. The highest BCUT2D eigenvalue weighted by molar-refractivity contribution is 7.18. The minimum Gasteiger partial charge on any atom is -0.288 e. The van der Waals surface area contributed by atoms with Gasteiger partial charge in [-0.25, -0.2) is 4.39 Å². The van der Waals surface area contributed by atoms with E-state index in [0.717, 1.165) is 0 Å². The van der Waals surface area contributed by atoms with Crippen LogP contribution in [0.2, 0.25) is 4.34 Å². The standard InChI is InChI=1S/C12H8ClFOS/c1-7-2-3-8(6-9(7)14)12(15)10-4-5-11(13)16-10/h2-6H,1H3. The van der Waals surface area contributed by atoms with E-state index in [1.54, 1.807) is 31.2 Å². The summed E-state index contributed by atoms with van der Waals surface area (Å²) in [6.45, 7) is 1.66. The molecule has 0 aliphatic heterocycles. The molecule has 2 rings (SSSR count). The van der Waals surface area contributed by atoms with Gasteiger partial charge in [0.2, 0.25) is 5.78 Å². The second-order valence-corrected chi connectivity index (χ2v) is 5.11. The topological polar surface area (TPSA) is 17.1 Å². The van der Waals surface area contributed by atoms with Gasteiger partial charge in [0.05, 0.1) is 9.21 Å². The molecular formula is C12H8ClFOS. The largest absolute Gasteiger partial charge is 0.288 e. The van der Waals surface area contributed by atoms with E-state index in [1.165, 1.54) is 17.4 Å². The molecule has 0 aliphatic rings. The quantitative estimate of drug-likeness (QED) is 0.738. The molecule has 1 aromatic heterocycles. The summed E-state index contributed by atoms with van der Waals surface area (Å²) in [7, 11) is 0. The Bertz CT molecular complexity index is 548. The van der Waals surface area contributed by atoms with Gasteiger partial charge in [0.15, 0.2) is 0 Å². The number of thiophene rings is 1. The average Bonchev–Trinajstić information content (AvgIpc) is 2.68. The van der Waals surface area contributed by atoms with E-state index < -0.39 is 0 Å². The van der Waals surface area contributed by atoms with Crippen LogP contribution in [0.15, 0.2) is 30.3 Å². The van der Waals surface area contributed by atoms with Crippen molar-refractivity contribution in [3.63, 3.8) is 0 Å². The molecule has 0 aliphatic carbocycles. The van der Waals surface area contributed by atoms with E-state index >= 15 is 0 Å². The van der Waals surface area contributed by atoms with Crippen LogP contribution in [-0.2, 0) is 0 Å². The Kier molecular flexibility index (Phi) is 3.08. The molecule has 0 amide bonds. The molecule has 0 N–H and O–H groups in total. The molecule has 82 valence electrons. The van der Waals surface area contributed by atoms with E-state index in [-0.39, 0.29) is 11.6 Å². The van der Waals surface area contributed by atoms with Gasteiger partial charge in [-0.1, -0.05) is 23.7 Å². The van der Waals surface area contributed by atoms with Crippen molar-refractivity contribution in [1.82, 2.24) is 0 Å². The normalized spacial score (nSPS) is 10.4. The number of carbonyl (C=O) groups is 1. The van der Waals surface area contributed by atoms with Crippen LogP contribution in [-0.4, -0.2) is 5.78 Å². The molecule has 1 aromatic carbocycles. The highest BCUT2D eigenvalue weighted by Crippen LogP contribution is 2.24. The summed E-state index contributed by atoms with van der Waals surface area (Å²) in [5.74, 6) is -0.565. The number of carbonyl (C=O) groups excluding carboxylic acids is 1. The van der Waals surface area contributed by atoms with E-state index in [1.807, 2.05) is 0 Å². The molecular weight excluding hydrogens is 247 g/mol. The molecule has 0 spiro atoms. The summed E-state index contributed by atoms with van der Waals surface area (Å²) in [5, 5.41) is 0. The first-order valence-electron chi connectivity index (χ1n) is 4.64. The molecule has 1 nitrogen and oxygen atoms in total. The summed E-state index contributed by atoms with van der Waals surface area (Å²) >= 11 is 6.93. The van der Waals surface area contributed by atoms with Gasteiger partial charge in [0, 0.05) is 5.56 Å². The third kappa shape index (κ3) is 2.15. The highest BCUT2D eigenvalue weighted by Gasteiger charge is 2.12. The predicted octanol–water partition coefficient (Wildman–Crippen LogP) is 4.08. The average molecular weight is 255 g/mol. The minimum atomic E-state index is -0.367. The fourth-order valence-electron chi connectivity index (χ4n) is 1.31. The molecule has 0 atom stereocenters. The minimum absolute atomic E-state index is 0.198. The zero-order valence-electron chi connectivity index (χ0n) is 8.46. The molecule has 0 fully saturated rings. The lowest BCUT2D eigenvalue weighted by Crippen LogP contribution is -1.99. The van der Waals surface area contributed by atoms with Gasteiger partial charge in [0.25, 0.3) is 0 Å². The third-order valence-corrected chi connectivity index (χ3v) is 3.46. The second-order valence-electron chi connectivity index (χ2n) is 3.40. The molecule has 4 heteroatoms. The van der Waals surface area contributed by atoms with E-state index in [9.17, 15) is 9.18 Å². The van der Waals surface area contributed by atoms with Gasteiger partial charge in [-0.2, -0.15) is 0 Å². The molecule has 0 saturated heterocycles. The lowest BCUT2D eigenvalue weighted by atomic mass is 10.1. The molecule has 2 aromatic rings. The summed E-state index contributed by atoms with van der Waals surface area (Å²) in [4.78, 5) is 12.4. The molecule has 16 heavy (non-hydrogen) atoms. The Morgan fingerprint density at radius 2 is 2.06 bits per heavy atom. The summed E-state index contributed by atoms with van der Waals surface area (Å²) in [6, 6.07) is 7.77. The van der Waals surface area contributed by atoms with Crippen LogP contribution in [0.4, 0.5) is 4.39 Å². The Morgan fingerprint density at radius 3 is 2.62 bits per heavy atom. The van der Waals surface area contributed by atoms with Gasteiger partial charge < -0.3 is 0 Å². The summed E-state index contributed by atoms with van der Waals surface area (Å²) in [5.41, 5.74) is 0.877. The van der Waals surface area contributed by atoms with Gasteiger partial charge in [-0.05, 0) is 30.7 Å². The highest BCUT2D eigenvalue weighted by atomic mass is 35.5. The van der Waals surface area contributed by atoms with Crippen LogP contribution in [0.3, 0.4) is 0 Å². The fourth-order valence-corrected chi connectivity index (χ4v) is 2.32. The van der Waals surface area contributed by atoms with Crippen molar-refractivity contribution >= 4 is 28.7 Å². The van der Waals surface area contributed by atoms with E-state index in [2.05, 4.69) is 0 Å². The first kappa shape index (κ1) is 11.3. The number of halogens is 2. The van der Waals surface area contributed by atoms with Crippen molar-refractivity contribution in [2.75, 3.05) is 0 Å². The first-order chi connectivity index (χ1) is 7.58. The lowest BCUT2D eigenvalue weighted by molar-refractivity contribution is 0.104. The Labute approximate surface area is 101 Å². The van der Waals surface area contributed by atoms with E-state index in [4.69, 9.17) is 11.6 Å². The number of hydrogen-bond acceptors (Lipinski definition) is 2. The van der Waals surface area contributed by atoms with Gasteiger partial charge in [-0.3, -0.25) is 4.79 Å². The number of ketones is 1. The van der Waals surface area contributed by atoms with Gasteiger partial charge in [0.1, 0.15) is 5.82 Å². The van der Waals surface area contributed by atoms with Crippen LogP contribution < -0.4 is 0 Å². The summed E-state index contributed by atoms with van der Waals surface area (Å²) in [6.07, 6.45) is 0. The van der Waals surface area contributed by atoms with Crippen molar-refractivity contribution in [3.05, 3.63) is 56.5 Å². The van der Waals surface area contributed by atoms with Crippen molar-refractivity contribution in [3.8, 4) is 0 Å². The number of hydrogen-bond donors (Lipinski definition) is 0. The Hall–Kier alpha value is -1.19. The summed E-state index contributed by atoms with van der Waals surface area (Å²) < 4.78 is 13.8. The maximum absolute atomic E-state index is 13.3. The van der Waals surface area contributed by atoms with Gasteiger partial charge in [-0.15, -0.1) is 11.3 Å². The third-order valence-electron chi connectivity index (χ3n) is 2.23. The molecule has 1 heterocycles. The Balaban J connectivity index is 2.38. The van der Waals surface area contributed by atoms with Crippen molar-refractivity contribution in [2.24, 2.45) is 0 Å². The predicted molar refractivity (Wildman–Crippen MR) is 63.9 cm³/mol. The lowest BCUT2D eigenvalue weighted by Gasteiger charge is -2.00. The van der Waals surface area contributed by atoms with Crippen molar-refractivity contribution < 1.29 is 9.18 Å². The van der Waals surface area contributed by atoms with Crippen LogP contribution in [0.1, 0.15) is 20.8 Å². The maximum Gasteiger partial charge on any atom is 0.203 e. The maximum atomic E-state index is 13.3. The van der Waals surface area contributed by atoms with Crippen molar-refractivity contribution in [1.29, 1.82) is 0 Å². The van der Waals surface area contributed by atoms with E-state index in [0.29, 0.717) is 20.3 Å². The zero-order valence-corrected chi connectivity index (χ0v) is 10.0. The van der Waals surface area contributed by atoms with Gasteiger partial charge >= 0.3 is 0 Å². The zero-order chi connectivity index (χ0) is 11.7. The first-order valence-corrected chi connectivity index (χ1v) is 5.83.